The maximum atomic E-state index is 13.5. The lowest BCUT2D eigenvalue weighted by atomic mass is 10.1. The molecule has 0 bridgehead atoms. The fourth-order valence-electron chi connectivity index (χ4n) is 1.34. The van der Waals surface area contributed by atoms with Crippen LogP contribution in [0.3, 0.4) is 0 Å². The van der Waals surface area contributed by atoms with E-state index in [1.54, 1.807) is 6.92 Å². The van der Waals surface area contributed by atoms with Crippen LogP contribution in [-0.4, -0.2) is 17.6 Å². The van der Waals surface area contributed by atoms with E-state index in [9.17, 15) is 18.0 Å². The Morgan fingerprint density at radius 3 is 2.78 bits per heavy atom. The average Bonchev–Trinajstić information content (AvgIpc) is 2.31. The molecule has 7 heteroatoms. The fraction of sp³-hybridized carbons (Fsp3) is 0.364. The van der Waals surface area contributed by atoms with Gasteiger partial charge in [0.05, 0.1) is 13.0 Å². The number of pyridine rings is 1. The highest BCUT2D eigenvalue weighted by Crippen LogP contribution is 2.25. The van der Waals surface area contributed by atoms with Gasteiger partial charge >= 0.3 is 5.97 Å². The number of ether oxygens (including phenoxy) is 1. The van der Waals surface area contributed by atoms with Crippen LogP contribution in [0.15, 0.2) is 6.07 Å². The minimum absolute atomic E-state index is 0.0637. The summed E-state index contributed by atoms with van der Waals surface area (Å²) in [6, 6.07) is 2.23. The first kappa shape index (κ1) is 14.0. The monoisotopic (exact) mass is 258 g/mol. The van der Waals surface area contributed by atoms with Crippen molar-refractivity contribution in [3.05, 3.63) is 28.8 Å². The number of esters is 1. The molecule has 0 unspecified atom stereocenters. The van der Waals surface area contributed by atoms with E-state index in [-0.39, 0.29) is 6.61 Å². The van der Waals surface area contributed by atoms with Crippen LogP contribution in [0, 0.1) is 17.3 Å². The molecule has 0 N–H and O–H groups in total. The number of halogens is 3. The lowest BCUT2D eigenvalue weighted by Gasteiger charge is -2.09. The van der Waals surface area contributed by atoms with Crippen LogP contribution in [0.4, 0.5) is 13.2 Å². The van der Waals surface area contributed by atoms with Gasteiger partial charge in [-0.2, -0.15) is 9.65 Å². The Labute approximate surface area is 101 Å². The number of aromatic nitrogens is 1. The van der Waals surface area contributed by atoms with E-state index in [2.05, 4.69) is 9.72 Å². The minimum atomic E-state index is -3.00. The number of carbonyl (C=O) groups excluding carboxylic acids is 1. The third kappa shape index (κ3) is 3.20. The summed E-state index contributed by atoms with van der Waals surface area (Å²) in [6.45, 7) is 1.60. The first-order valence-corrected chi connectivity index (χ1v) is 5.02. The molecule has 4 nitrogen and oxygen atoms in total. The van der Waals surface area contributed by atoms with Crippen LogP contribution < -0.4 is 0 Å². The highest BCUT2D eigenvalue weighted by molar-refractivity contribution is 5.73. The van der Waals surface area contributed by atoms with Crippen molar-refractivity contribution < 1.29 is 22.7 Å². The van der Waals surface area contributed by atoms with Crippen LogP contribution in [0.5, 0.6) is 0 Å². The molecule has 96 valence electrons. The second-order valence-corrected chi connectivity index (χ2v) is 3.26. The van der Waals surface area contributed by atoms with E-state index in [4.69, 9.17) is 5.26 Å². The molecule has 1 aromatic heterocycles. The standard InChI is InChI=1S/C11H9F3N2O2/c1-2-18-9(17)4-8-7(10(12)13)3-6(5-15)16-11(8)14/h3,10H,2,4H2,1H3. The zero-order chi connectivity index (χ0) is 13.7. The van der Waals surface area contributed by atoms with Gasteiger partial charge in [0.1, 0.15) is 11.8 Å². The van der Waals surface area contributed by atoms with Crippen LogP contribution in [0.2, 0.25) is 0 Å². The largest absolute Gasteiger partial charge is 0.466 e. The van der Waals surface area contributed by atoms with Crippen molar-refractivity contribution in [3.63, 3.8) is 0 Å². The van der Waals surface area contributed by atoms with Crippen molar-refractivity contribution in [2.45, 2.75) is 19.8 Å². The summed E-state index contributed by atoms with van der Waals surface area (Å²) in [4.78, 5) is 14.3. The number of alkyl halides is 2. The Hall–Kier alpha value is -2.10. The van der Waals surface area contributed by atoms with Gasteiger partial charge in [0.2, 0.25) is 5.95 Å². The third-order valence-corrected chi connectivity index (χ3v) is 2.08. The van der Waals surface area contributed by atoms with Crippen molar-refractivity contribution in [2.24, 2.45) is 0 Å². The molecule has 0 aliphatic carbocycles. The number of hydrogen-bond acceptors (Lipinski definition) is 4. The third-order valence-electron chi connectivity index (χ3n) is 2.08. The Morgan fingerprint density at radius 2 is 2.28 bits per heavy atom. The fourth-order valence-corrected chi connectivity index (χ4v) is 1.34. The number of carbonyl (C=O) groups is 1. The maximum absolute atomic E-state index is 13.5. The number of nitrogens with zero attached hydrogens (tertiary/aromatic N) is 2. The smallest absolute Gasteiger partial charge is 0.310 e. The second-order valence-electron chi connectivity index (χ2n) is 3.26. The summed E-state index contributed by atoms with van der Waals surface area (Å²) < 4.78 is 43.4. The van der Waals surface area contributed by atoms with Crippen molar-refractivity contribution in [3.8, 4) is 6.07 Å². The molecule has 0 saturated carbocycles. The quantitative estimate of drug-likeness (QED) is 0.613. The van der Waals surface area contributed by atoms with Gasteiger partial charge in [0.15, 0.2) is 0 Å². The van der Waals surface area contributed by atoms with Crippen molar-refractivity contribution in [1.82, 2.24) is 4.98 Å². The van der Waals surface area contributed by atoms with Crippen molar-refractivity contribution >= 4 is 5.97 Å². The molecule has 18 heavy (non-hydrogen) atoms. The zero-order valence-corrected chi connectivity index (χ0v) is 9.41. The van der Waals surface area contributed by atoms with Gasteiger partial charge in [0, 0.05) is 11.1 Å². The molecule has 0 radical (unpaired) electrons. The molecule has 1 rings (SSSR count). The lowest BCUT2D eigenvalue weighted by molar-refractivity contribution is -0.142. The Morgan fingerprint density at radius 1 is 1.61 bits per heavy atom. The molecule has 0 amide bonds. The predicted octanol–water partition coefficient (Wildman–Crippen LogP) is 2.14. The molecule has 1 aromatic rings. The zero-order valence-electron chi connectivity index (χ0n) is 9.41. The first-order chi connectivity index (χ1) is 8.49. The van der Waals surface area contributed by atoms with Gasteiger partial charge in [-0.3, -0.25) is 4.79 Å². The molecule has 1 heterocycles. The Bertz CT molecular complexity index is 498. The summed E-state index contributed by atoms with van der Waals surface area (Å²) in [7, 11) is 0. The van der Waals surface area contributed by atoms with Gasteiger partial charge in [-0.1, -0.05) is 0 Å². The normalized spacial score (nSPS) is 10.2. The van der Waals surface area contributed by atoms with Crippen LogP contribution in [0.25, 0.3) is 0 Å². The molecule has 0 saturated heterocycles. The summed E-state index contributed by atoms with van der Waals surface area (Å²) in [6.07, 6.45) is -3.64. The van der Waals surface area contributed by atoms with Crippen LogP contribution in [0.1, 0.15) is 30.2 Å². The van der Waals surface area contributed by atoms with Gasteiger partial charge in [-0.15, -0.1) is 0 Å². The molecule has 0 aliphatic rings. The van der Waals surface area contributed by atoms with Crippen LogP contribution in [-0.2, 0) is 16.0 Å². The number of hydrogen-bond donors (Lipinski definition) is 0. The molecule has 0 spiro atoms. The molecule has 0 aliphatic heterocycles. The maximum Gasteiger partial charge on any atom is 0.310 e. The second kappa shape index (κ2) is 6.00. The molecular weight excluding hydrogens is 249 g/mol. The van der Waals surface area contributed by atoms with Gasteiger partial charge in [0.25, 0.3) is 6.43 Å². The molecule has 0 aromatic carbocycles. The van der Waals surface area contributed by atoms with E-state index in [1.165, 1.54) is 6.07 Å². The number of rotatable bonds is 4. The lowest BCUT2D eigenvalue weighted by Crippen LogP contribution is -2.13. The molecule has 0 atom stereocenters. The topological polar surface area (TPSA) is 63.0 Å². The highest BCUT2D eigenvalue weighted by Gasteiger charge is 2.22. The van der Waals surface area contributed by atoms with E-state index in [1.807, 2.05) is 0 Å². The van der Waals surface area contributed by atoms with Gasteiger partial charge < -0.3 is 4.74 Å². The van der Waals surface area contributed by atoms with E-state index in [0.717, 1.165) is 6.07 Å². The van der Waals surface area contributed by atoms with Gasteiger partial charge in [-0.25, -0.2) is 13.8 Å². The van der Waals surface area contributed by atoms with E-state index in [0.29, 0.717) is 0 Å². The Balaban J connectivity index is 3.17. The first-order valence-electron chi connectivity index (χ1n) is 5.02. The van der Waals surface area contributed by atoms with Crippen molar-refractivity contribution in [2.75, 3.05) is 6.61 Å². The molecular formula is C11H9F3N2O2. The van der Waals surface area contributed by atoms with E-state index < -0.39 is 41.6 Å². The summed E-state index contributed by atoms with van der Waals surface area (Å²) in [5.74, 6) is -2.08. The number of nitriles is 1. The SMILES string of the molecule is CCOC(=O)Cc1c(C(F)F)cc(C#N)nc1F. The predicted molar refractivity (Wildman–Crippen MR) is 54.2 cm³/mol. The van der Waals surface area contributed by atoms with Gasteiger partial charge in [-0.05, 0) is 13.0 Å². The van der Waals surface area contributed by atoms with Crippen LogP contribution >= 0.6 is 0 Å². The molecule has 0 fully saturated rings. The average molecular weight is 258 g/mol. The Kier molecular flexibility index (Phi) is 4.66. The summed E-state index contributed by atoms with van der Waals surface area (Å²) >= 11 is 0. The highest BCUT2D eigenvalue weighted by atomic mass is 19.3. The minimum Gasteiger partial charge on any atom is -0.466 e. The summed E-state index contributed by atoms with van der Waals surface area (Å²) in [5, 5.41) is 8.51. The summed E-state index contributed by atoms with van der Waals surface area (Å²) in [5.41, 5.74) is -1.72. The van der Waals surface area contributed by atoms with Crippen molar-refractivity contribution in [1.29, 1.82) is 5.26 Å². The van der Waals surface area contributed by atoms with E-state index >= 15 is 0 Å².